The highest BCUT2D eigenvalue weighted by molar-refractivity contribution is 8.00. The molecule has 1 aromatic carbocycles. The van der Waals surface area contributed by atoms with Crippen LogP contribution in [0.5, 0.6) is 11.5 Å². The van der Waals surface area contributed by atoms with Gasteiger partial charge in [-0.05, 0) is 36.3 Å². The van der Waals surface area contributed by atoms with E-state index in [1.807, 2.05) is 30.0 Å². The van der Waals surface area contributed by atoms with E-state index in [1.165, 1.54) is 6.42 Å². The van der Waals surface area contributed by atoms with Crippen molar-refractivity contribution in [3.05, 3.63) is 23.8 Å². The van der Waals surface area contributed by atoms with Crippen molar-refractivity contribution < 1.29 is 14.6 Å². The second-order valence-electron chi connectivity index (χ2n) is 4.75. The molecule has 0 amide bonds. The third-order valence-corrected chi connectivity index (χ3v) is 4.88. The molecule has 4 heteroatoms. The maximum absolute atomic E-state index is 10.4. The second kappa shape index (κ2) is 5.41. The largest absolute Gasteiger partial charge is 0.490 e. The van der Waals surface area contributed by atoms with E-state index in [0.717, 1.165) is 35.7 Å². The number of fused-ring (bicyclic) bond motifs is 1. The topological polar surface area (TPSA) is 38.7 Å². The highest BCUT2D eigenvalue weighted by atomic mass is 32.2. The zero-order valence-electron chi connectivity index (χ0n) is 10.3. The summed E-state index contributed by atoms with van der Waals surface area (Å²) in [5, 5.41) is 10.7. The SMILES string of the molecule is OC(c1ccc2c(c1)OCCCO2)C1CCCS1. The van der Waals surface area contributed by atoms with Gasteiger partial charge in [0.25, 0.3) is 0 Å². The van der Waals surface area contributed by atoms with E-state index in [9.17, 15) is 5.11 Å². The Labute approximate surface area is 111 Å². The molecular formula is C14H18O3S. The summed E-state index contributed by atoms with van der Waals surface area (Å²) in [5.74, 6) is 2.72. The Morgan fingerprint density at radius 1 is 1.17 bits per heavy atom. The van der Waals surface area contributed by atoms with E-state index in [1.54, 1.807) is 0 Å². The molecule has 2 unspecified atom stereocenters. The number of hydrogen-bond donors (Lipinski definition) is 1. The molecule has 1 saturated heterocycles. The zero-order chi connectivity index (χ0) is 12.4. The average Bonchev–Trinajstić information content (AvgIpc) is 2.83. The van der Waals surface area contributed by atoms with Crippen molar-refractivity contribution >= 4 is 11.8 Å². The number of aliphatic hydroxyl groups excluding tert-OH is 1. The highest BCUT2D eigenvalue weighted by Crippen LogP contribution is 2.39. The zero-order valence-corrected chi connectivity index (χ0v) is 11.1. The molecule has 3 rings (SSSR count). The predicted octanol–water partition coefficient (Wildman–Crippen LogP) is 2.78. The smallest absolute Gasteiger partial charge is 0.161 e. The molecule has 0 aromatic heterocycles. The highest BCUT2D eigenvalue weighted by Gasteiger charge is 2.26. The van der Waals surface area contributed by atoms with Crippen molar-refractivity contribution in [3.8, 4) is 11.5 Å². The number of ether oxygens (including phenoxy) is 2. The van der Waals surface area contributed by atoms with E-state index in [4.69, 9.17) is 9.47 Å². The molecule has 2 aliphatic heterocycles. The van der Waals surface area contributed by atoms with Gasteiger partial charge in [-0.2, -0.15) is 11.8 Å². The van der Waals surface area contributed by atoms with E-state index in [-0.39, 0.29) is 0 Å². The molecule has 0 saturated carbocycles. The minimum absolute atomic E-state index is 0.328. The normalized spacial score (nSPS) is 24.6. The third-order valence-electron chi connectivity index (χ3n) is 3.43. The van der Waals surface area contributed by atoms with Crippen LogP contribution in [0.4, 0.5) is 0 Å². The molecule has 2 aliphatic rings. The summed E-state index contributed by atoms with van der Waals surface area (Å²) in [4.78, 5) is 0. The summed E-state index contributed by atoms with van der Waals surface area (Å²) >= 11 is 1.86. The van der Waals surface area contributed by atoms with Crippen molar-refractivity contribution in [2.24, 2.45) is 0 Å². The number of rotatable bonds is 2. The second-order valence-corrected chi connectivity index (χ2v) is 6.10. The number of aliphatic hydroxyl groups is 1. The molecule has 98 valence electrons. The lowest BCUT2D eigenvalue weighted by Crippen LogP contribution is -2.11. The van der Waals surface area contributed by atoms with Gasteiger partial charge in [0, 0.05) is 11.7 Å². The minimum atomic E-state index is -0.394. The van der Waals surface area contributed by atoms with Gasteiger partial charge in [-0.3, -0.25) is 0 Å². The summed E-state index contributed by atoms with van der Waals surface area (Å²) in [6, 6.07) is 5.81. The Kier molecular flexibility index (Phi) is 3.66. The van der Waals surface area contributed by atoms with Gasteiger partial charge in [0.15, 0.2) is 11.5 Å². The van der Waals surface area contributed by atoms with Gasteiger partial charge in [0.2, 0.25) is 0 Å². The number of benzene rings is 1. The summed E-state index contributed by atoms with van der Waals surface area (Å²) in [5.41, 5.74) is 0.943. The molecule has 1 N–H and O–H groups in total. The summed E-state index contributed by atoms with van der Waals surface area (Å²) in [7, 11) is 0. The van der Waals surface area contributed by atoms with E-state index in [2.05, 4.69) is 0 Å². The standard InChI is InChI=1S/C14H18O3S/c15-14(13-3-1-8-18-13)10-4-5-11-12(9-10)17-7-2-6-16-11/h4-5,9,13-15H,1-3,6-8H2. The molecule has 0 spiro atoms. The lowest BCUT2D eigenvalue weighted by molar-refractivity contribution is 0.172. The van der Waals surface area contributed by atoms with Gasteiger partial charge < -0.3 is 14.6 Å². The molecular weight excluding hydrogens is 248 g/mol. The lowest BCUT2D eigenvalue weighted by atomic mass is 10.0. The van der Waals surface area contributed by atoms with Crippen molar-refractivity contribution in [2.75, 3.05) is 19.0 Å². The molecule has 18 heavy (non-hydrogen) atoms. The van der Waals surface area contributed by atoms with Crippen LogP contribution in [0.1, 0.15) is 30.9 Å². The van der Waals surface area contributed by atoms with Crippen LogP contribution < -0.4 is 9.47 Å². The van der Waals surface area contributed by atoms with Crippen LogP contribution in [-0.4, -0.2) is 29.3 Å². The Bertz CT molecular complexity index is 416. The number of hydrogen-bond acceptors (Lipinski definition) is 4. The molecule has 0 bridgehead atoms. The summed E-state index contributed by atoms with van der Waals surface area (Å²) in [6.07, 6.45) is 2.82. The first kappa shape index (κ1) is 12.2. The van der Waals surface area contributed by atoms with Crippen LogP contribution in [0.15, 0.2) is 18.2 Å². The van der Waals surface area contributed by atoms with Crippen molar-refractivity contribution in [1.82, 2.24) is 0 Å². The fraction of sp³-hybridized carbons (Fsp3) is 0.571. The quantitative estimate of drug-likeness (QED) is 0.893. The van der Waals surface area contributed by atoms with Gasteiger partial charge in [0.05, 0.1) is 19.3 Å². The van der Waals surface area contributed by atoms with Crippen LogP contribution in [0, 0.1) is 0 Å². The Morgan fingerprint density at radius 2 is 2.00 bits per heavy atom. The average molecular weight is 266 g/mol. The molecule has 1 aromatic rings. The van der Waals surface area contributed by atoms with Gasteiger partial charge >= 0.3 is 0 Å². The van der Waals surface area contributed by atoms with Crippen molar-refractivity contribution in [3.63, 3.8) is 0 Å². The van der Waals surface area contributed by atoms with Crippen LogP contribution in [0.3, 0.4) is 0 Å². The van der Waals surface area contributed by atoms with Gasteiger partial charge in [-0.1, -0.05) is 6.07 Å². The fourth-order valence-electron chi connectivity index (χ4n) is 2.43. The summed E-state index contributed by atoms with van der Waals surface area (Å²) in [6.45, 7) is 1.39. The third kappa shape index (κ3) is 2.45. The molecule has 0 aliphatic carbocycles. The van der Waals surface area contributed by atoms with Gasteiger partial charge in [-0.15, -0.1) is 0 Å². The van der Waals surface area contributed by atoms with Crippen LogP contribution in [-0.2, 0) is 0 Å². The monoisotopic (exact) mass is 266 g/mol. The van der Waals surface area contributed by atoms with Gasteiger partial charge in [0.1, 0.15) is 0 Å². The molecule has 2 atom stereocenters. The minimum Gasteiger partial charge on any atom is -0.490 e. The van der Waals surface area contributed by atoms with Crippen molar-refractivity contribution in [1.29, 1.82) is 0 Å². The molecule has 0 radical (unpaired) electrons. The van der Waals surface area contributed by atoms with Crippen molar-refractivity contribution in [2.45, 2.75) is 30.6 Å². The fourth-order valence-corrected chi connectivity index (χ4v) is 3.74. The van der Waals surface area contributed by atoms with Crippen LogP contribution in [0.2, 0.25) is 0 Å². The Balaban J connectivity index is 1.82. The van der Waals surface area contributed by atoms with E-state index in [0.29, 0.717) is 18.5 Å². The van der Waals surface area contributed by atoms with Gasteiger partial charge in [-0.25, -0.2) is 0 Å². The van der Waals surface area contributed by atoms with Crippen LogP contribution in [0.25, 0.3) is 0 Å². The number of thioether (sulfide) groups is 1. The lowest BCUT2D eigenvalue weighted by Gasteiger charge is -2.18. The first-order valence-corrected chi connectivity index (χ1v) is 7.59. The van der Waals surface area contributed by atoms with E-state index >= 15 is 0 Å². The maximum Gasteiger partial charge on any atom is 0.161 e. The van der Waals surface area contributed by atoms with E-state index < -0.39 is 6.10 Å². The molecule has 2 heterocycles. The Hall–Kier alpha value is -0.870. The first-order valence-electron chi connectivity index (χ1n) is 6.54. The Morgan fingerprint density at radius 3 is 2.78 bits per heavy atom. The summed E-state index contributed by atoms with van der Waals surface area (Å²) < 4.78 is 11.3. The first-order chi connectivity index (χ1) is 8.84. The maximum atomic E-state index is 10.4. The van der Waals surface area contributed by atoms with Crippen LogP contribution >= 0.6 is 11.8 Å². The molecule has 1 fully saturated rings. The predicted molar refractivity (Wildman–Crippen MR) is 72.5 cm³/mol. The molecule has 3 nitrogen and oxygen atoms in total.